The van der Waals surface area contributed by atoms with Gasteiger partial charge in [0.2, 0.25) is 0 Å². The number of nitrogens with zero attached hydrogens (tertiary/aromatic N) is 2. The maximum atomic E-state index is 13.8. The summed E-state index contributed by atoms with van der Waals surface area (Å²) in [5, 5.41) is 1.25. The molecule has 0 spiro atoms. The standard InChI is InChI=1S/C25H22Cl2F2N2O2/c26-20-5-4-19(22(27)13-20)15-30-8-10-31(11-9-30)25(32)18-3-1-2-17(12-18)16-33-24-7-6-21(28)14-23(24)29/h1-7,12-14H,8-11,15-16H2. The van der Waals surface area contributed by atoms with Crippen molar-refractivity contribution >= 4 is 29.1 Å². The van der Waals surface area contributed by atoms with Crippen LogP contribution in [0.1, 0.15) is 21.5 Å². The molecule has 0 atom stereocenters. The van der Waals surface area contributed by atoms with Gasteiger partial charge in [0, 0.05) is 54.4 Å². The Bertz CT molecular complexity index is 1150. The Morgan fingerprint density at radius 3 is 2.45 bits per heavy atom. The van der Waals surface area contributed by atoms with Crippen LogP contribution in [0, 0.1) is 11.6 Å². The molecule has 0 saturated carbocycles. The summed E-state index contributed by atoms with van der Waals surface area (Å²) in [7, 11) is 0. The van der Waals surface area contributed by atoms with Crippen LogP contribution in [0.25, 0.3) is 0 Å². The van der Waals surface area contributed by atoms with Crippen molar-refractivity contribution in [3.63, 3.8) is 0 Å². The third-order valence-electron chi connectivity index (χ3n) is 5.53. The highest BCUT2D eigenvalue weighted by Crippen LogP contribution is 2.23. The minimum absolute atomic E-state index is 0.0370. The number of hydrogen-bond acceptors (Lipinski definition) is 3. The zero-order valence-corrected chi connectivity index (χ0v) is 19.3. The summed E-state index contributed by atoms with van der Waals surface area (Å²) in [6.07, 6.45) is 0. The van der Waals surface area contributed by atoms with Crippen molar-refractivity contribution in [3.8, 4) is 5.75 Å². The van der Waals surface area contributed by atoms with E-state index >= 15 is 0 Å². The first kappa shape index (κ1) is 23.5. The van der Waals surface area contributed by atoms with E-state index in [2.05, 4.69) is 4.90 Å². The second kappa shape index (κ2) is 10.5. The van der Waals surface area contributed by atoms with E-state index < -0.39 is 11.6 Å². The molecule has 4 nitrogen and oxygen atoms in total. The number of benzene rings is 3. The lowest BCUT2D eigenvalue weighted by molar-refractivity contribution is 0.0628. The zero-order valence-electron chi connectivity index (χ0n) is 17.7. The van der Waals surface area contributed by atoms with Crippen molar-refractivity contribution in [1.29, 1.82) is 0 Å². The van der Waals surface area contributed by atoms with Gasteiger partial charge in [0.1, 0.15) is 12.4 Å². The van der Waals surface area contributed by atoms with Crippen LogP contribution in [0.3, 0.4) is 0 Å². The first-order valence-corrected chi connectivity index (χ1v) is 11.3. The minimum atomic E-state index is -0.764. The van der Waals surface area contributed by atoms with Crippen molar-refractivity contribution < 1.29 is 18.3 Å². The van der Waals surface area contributed by atoms with E-state index in [0.717, 1.165) is 36.3 Å². The molecule has 0 unspecified atom stereocenters. The van der Waals surface area contributed by atoms with Crippen LogP contribution in [0.5, 0.6) is 5.75 Å². The van der Waals surface area contributed by atoms with Crippen molar-refractivity contribution in [2.75, 3.05) is 26.2 Å². The fraction of sp³-hybridized carbons (Fsp3) is 0.240. The first-order chi connectivity index (χ1) is 15.9. The van der Waals surface area contributed by atoms with Gasteiger partial charge in [-0.15, -0.1) is 0 Å². The highest BCUT2D eigenvalue weighted by Gasteiger charge is 2.23. The maximum absolute atomic E-state index is 13.8. The number of piperazine rings is 1. The van der Waals surface area contributed by atoms with Gasteiger partial charge in [-0.1, -0.05) is 41.4 Å². The Morgan fingerprint density at radius 1 is 0.939 bits per heavy atom. The van der Waals surface area contributed by atoms with Gasteiger partial charge >= 0.3 is 0 Å². The Labute approximate surface area is 201 Å². The molecular formula is C25H22Cl2F2N2O2. The number of halogens is 4. The van der Waals surface area contributed by atoms with Gasteiger partial charge in [-0.3, -0.25) is 9.69 Å². The minimum Gasteiger partial charge on any atom is -0.486 e. The van der Waals surface area contributed by atoms with Gasteiger partial charge in [-0.05, 0) is 47.5 Å². The number of amides is 1. The molecule has 0 aromatic heterocycles. The van der Waals surface area contributed by atoms with Crippen molar-refractivity contribution in [3.05, 3.63) is 99.0 Å². The average molecular weight is 491 g/mol. The van der Waals surface area contributed by atoms with Crippen LogP contribution in [0.15, 0.2) is 60.7 Å². The summed E-state index contributed by atoms with van der Waals surface area (Å²) in [5.74, 6) is -1.53. The van der Waals surface area contributed by atoms with Gasteiger partial charge < -0.3 is 9.64 Å². The molecule has 1 aliphatic heterocycles. The summed E-state index contributed by atoms with van der Waals surface area (Å²) in [5.41, 5.74) is 2.27. The first-order valence-electron chi connectivity index (χ1n) is 10.5. The number of carbonyl (C=O) groups is 1. The molecule has 0 radical (unpaired) electrons. The molecule has 0 aliphatic carbocycles. The molecule has 0 bridgehead atoms. The Hall–Kier alpha value is -2.67. The molecule has 3 aromatic carbocycles. The second-order valence-electron chi connectivity index (χ2n) is 7.87. The third kappa shape index (κ3) is 6.02. The summed E-state index contributed by atoms with van der Waals surface area (Å²) in [4.78, 5) is 17.1. The zero-order chi connectivity index (χ0) is 23.4. The normalized spacial score (nSPS) is 14.4. The van der Waals surface area contributed by atoms with Crippen LogP contribution in [0.4, 0.5) is 8.78 Å². The predicted molar refractivity (Wildman–Crippen MR) is 125 cm³/mol. The van der Waals surface area contributed by atoms with E-state index in [1.165, 1.54) is 6.07 Å². The van der Waals surface area contributed by atoms with Crippen LogP contribution < -0.4 is 4.74 Å². The largest absolute Gasteiger partial charge is 0.486 e. The Balaban J connectivity index is 1.33. The number of ether oxygens (including phenoxy) is 1. The fourth-order valence-electron chi connectivity index (χ4n) is 3.73. The number of carbonyl (C=O) groups excluding carboxylic acids is 1. The number of hydrogen-bond donors (Lipinski definition) is 0. The van der Waals surface area contributed by atoms with Crippen LogP contribution >= 0.6 is 23.2 Å². The van der Waals surface area contributed by atoms with Crippen LogP contribution in [-0.2, 0) is 13.2 Å². The van der Waals surface area contributed by atoms with E-state index in [-0.39, 0.29) is 18.3 Å². The average Bonchev–Trinajstić information content (AvgIpc) is 2.80. The van der Waals surface area contributed by atoms with Crippen LogP contribution in [-0.4, -0.2) is 41.9 Å². The molecule has 1 saturated heterocycles. The van der Waals surface area contributed by atoms with Gasteiger partial charge in [0.05, 0.1) is 0 Å². The summed E-state index contributed by atoms with van der Waals surface area (Å²) < 4.78 is 32.3. The van der Waals surface area contributed by atoms with Crippen molar-refractivity contribution in [2.24, 2.45) is 0 Å². The highest BCUT2D eigenvalue weighted by molar-refractivity contribution is 6.35. The predicted octanol–water partition coefficient (Wildman–Crippen LogP) is 5.81. The van der Waals surface area contributed by atoms with E-state index in [1.54, 1.807) is 30.3 Å². The molecule has 1 heterocycles. The molecular weight excluding hydrogens is 469 g/mol. The smallest absolute Gasteiger partial charge is 0.253 e. The molecule has 3 aromatic rings. The Morgan fingerprint density at radius 2 is 1.73 bits per heavy atom. The van der Waals surface area contributed by atoms with E-state index in [1.807, 2.05) is 17.0 Å². The lowest BCUT2D eigenvalue weighted by Crippen LogP contribution is -2.48. The molecule has 0 N–H and O–H groups in total. The van der Waals surface area contributed by atoms with E-state index in [0.29, 0.717) is 35.2 Å². The summed E-state index contributed by atoms with van der Waals surface area (Å²) >= 11 is 12.2. The fourth-order valence-corrected chi connectivity index (χ4v) is 4.20. The summed E-state index contributed by atoms with van der Waals surface area (Å²) in [6, 6.07) is 15.7. The SMILES string of the molecule is O=C(c1cccc(COc2ccc(F)cc2F)c1)N1CCN(Cc2ccc(Cl)cc2Cl)CC1. The third-order valence-corrected chi connectivity index (χ3v) is 6.12. The topological polar surface area (TPSA) is 32.8 Å². The maximum Gasteiger partial charge on any atom is 0.253 e. The van der Waals surface area contributed by atoms with Gasteiger partial charge in [-0.25, -0.2) is 8.78 Å². The number of rotatable bonds is 6. The lowest BCUT2D eigenvalue weighted by atomic mass is 10.1. The lowest BCUT2D eigenvalue weighted by Gasteiger charge is -2.35. The quantitative estimate of drug-likeness (QED) is 0.437. The van der Waals surface area contributed by atoms with E-state index in [4.69, 9.17) is 27.9 Å². The summed E-state index contributed by atoms with van der Waals surface area (Å²) in [6.45, 7) is 3.44. The molecule has 1 fully saturated rings. The monoisotopic (exact) mass is 490 g/mol. The molecule has 1 aliphatic rings. The molecule has 172 valence electrons. The van der Waals surface area contributed by atoms with E-state index in [9.17, 15) is 13.6 Å². The Kier molecular flexibility index (Phi) is 7.48. The van der Waals surface area contributed by atoms with Gasteiger partial charge in [0.15, 0.2) is 11.6 Å². The molecule has 33 heavy (non-hydrogen) atoms. The van der Waals surface area contributed by atoms with Gasteiger partial charge in [0.25, 0.3) is 5.91 Å². The molecule has 1 amide bonds. The molecule has 4 rings (SSSR count). The van der Waals surface area contributed by atoms with Gasteiger partial charge in [-0.2, -0.15) is 0 Å². The second-order valence-corrected chi connectivity index (χ2v) is 8.71. The van der Waals surface area contributed by atoms with Crippen LogP contribution in [0.2, 0.25) is 10.0 Å². The highest BCUT2D eigenvalue weighted by atomic mass is 35.5. The van der Waals surface area contributed by atoms with Crippen molar-refractivity contribution in [2.45, 2.75) is 13.2 Å². The molecule has 8 heteroatoms. The van der Waals surface area contributed by atoms with Crippen molar-refractivity contribution in [1.82, 2.24) is 9.80 Å².